The molecule has 30 heavy (non-hydrogen) atoms. The Kier molecular flexibility index (Phi) is 5.46. The molecule has 0 unspecified atom stereocenters. The molecule has 0 saturated carbocycles. The molecule has 0 aliphatic carbocycles. The van der Waals surface area contributed by atoms with Gasteiger partial charge in [0.2, 0.25) is 5.82 Å². The van der Waals surface area contributed by atoms with Crippen molar-refractivity contribution in [2.45, 2.75) is 12.5 Å². The zero-order chi connectivity index (χ0) is 21.3. The number of hydrogen-bond donors (Lipinski definition) is 0. The number of methoxy groups -OCH3 is 2. The second kappa shape index (κ2) is 8.06. The van der Waals surface area contributed by atoms with Gasteiger partial charge in [0.15, 0.2) is 5.65 Å². The Labute approximate surface area is 180 Å². The van der Waals surface area contributed by atoms with Gasteiger partial charge in [0.05, 0.1) is 19.9 Å². The normalized spacial score (nSPS) is 14.2. The van der Waals surface area contributed by atoms with Crippen molar-refractivity contribution in [3.05, 3.63) is 76.3 Å². The second-order valence-electron chi connectivity index (χ2n) is 6.71. The van der Waals surface area contributed by atoms with E-state index in [2.05, 4.69) is 26.1 Å². The topological polar surface area (TPSA) is 51.9 Å². The van der Waals surface area contributed by atoms with Crippen LogP contribution in [-0.4, -0.2) is 40.3 Å². The summed E-state index contributed by atoms with van der Waals surface area (Å²) in [6.07, 6.45) is 6.41. The Morgan fingerprint density at radius 3 is 2.73 bits per heavy atom. The molecule has 0 amide bonds. The monoisotopic (exact) mass is 476 g/mol. The van der Waals surface area contributed by atoms with E-state index in [0.717, 1.165) is 5.56 Å². The van der Waals surface area contributed by atoms with Gasteiger partial charge in [0.1, 0.15) is 11.5 Å². The van der Waals surface area contributed by atoms with E-state index in [0.29, 0.717) is 28.2 Å². The van der Waals surface area contributed by atoms with Gasteiger partial charge in [-0.15, -0.1) is 10.2 Å². The minimum absolute atomic E-state index is 0.155. The lowest BCUT2D eigenvalue weighted by molar-refractivity contribution is -0.00391. The van der Waals surface area contributed by atoms with Gasteiger partial charge in [-0.05, 0) is 46.3 Å². The maximum atomic E-state index is 15.7. The lowest BCUT2D eigenvalue weighted by Gasteiger charge is -2.32. The number of rotatable bonds is 6. The number of aromatic nitrogens is 3. The standard InChI is InChI=1S/C21H19BrF2N4O2/c1-29-16-8-6-14(17(11-16)30-2)12-27-10-4-3-5-18(27)21(23,24)20-26-25-19-9-7-15(22)13-28(19)20/h3-9,11,13H,10,12H2,1-2H3. The predicted molar refractivity (Wildman–Crippen MR) is 112 cm³/mol. The van der Waals surface area contributed by atoms with Crippen LogP contribution in [0.3, 0.4) is 0 Å². The maximum absolute atomic E-state index is 15.7. The molecular weight excluding hydrogens is 458 g/mol. The molecule has 6 nitrogen and oxygen atoms in total. The van der Waals surface area contributed by atoms with Crippen LogP contribution in [-0.2, 0) is 12.5 Å². The Bertz CT molecular complexity index is 1140. The van der Waals surface area contributed by atoms with Crippen LogP contribution in [0.4, 0.5) is 8.78 Å². The van der Waals surface area contributed by atoms with E-state index in [9.17, 15) is 0 Å². The number of hydrogen-bond acceptors (Lipinski definition) is 5. The van der Waals surface area contributed by atoms with Crippen molar-refractivity contribution >= 4 is 21.6 Å². The van der Waals surface area contributed by atoms with Crippen molar-refractivity contribution in [2.75, 3.05) is 20.8 Å². The Morgan fingerprint density at radius 2 is 1.97 bits per heavy atom. The largest absolute Gasteiger partial charge is 0.497 e. The lowest BCUT2D eigenvalue weighted by Crippen LogP contribution is -2.35. The van der Waals surface area contributed by atoms with Crippen LogP contribution in [0.2, 0.25) is 0 Å². The number of benzene rings is 1. The summed E-state index contributed by atoms with van der Waals surface area (Å²) in [6, 6.07) is 8.70. The molecule has 0 atom stereocenters. The SMILES string of the molecule is COc1ccc(CN2CC=CC=C2C(F)(F)c2nnc3ccc(Br)cn23)c(OC)c1. The van der Waals surface area contributed by atoms with Crippen molar-refractivity contribution in [1.29, 1.82) is 0 Å². The number of allylic oxidation sites excluding steroid dienone is 3. The van der Waals surface area contributed by atoms with E-state index in [1.54, 1.807) is 49.5 Å². The third-order valence-corrected chi connectivity index (χ3v) is 5.35. The predicted octanol–water partition coefficient (Wildman–Crippen LogP) is 4.56. The lowest BCUT2D eigenvalue weighted by atomic mass is 10.1. The summed E-state index contributed by atoms with van der Waals surface area (Å²) in [5, 5.41) is 7.68. The van der Waals surface area contributed by atoms with Crippen molar-refractivity contribution in [2.24, 2.45) is 0 Å². The summed E-state index contributed by atoms with van der Waals surface area (Å²) in [4.78, 5) is 1.60. The molecule has 1 aliphatic rings. The van der Waals surface area contributed by atoms with Crippen LogP contribution < -0.4 is 9.47 Å². The quantitative estimate of drug-likeness (QED) is 0.522. The van der Waals surface area contributed by atoms with E-state index >= 15 is 8.78 Å². The average molecular weight is 477 g/mol. The number of fused-ring (bicyclic) bond motifs is 1. The molecule has 3 aromatic rings. The molecule has 9 heteroatoms. The van der Waals surface area contributed by atoms with E-state index in [4.69, 9.17) is 9.47 Å². The van der Waals surface area contributed by atoms with Gasteiger partial charge in [-0.25, -0.2) is 0 Å². The molecule has 4 rings (SSSR count). The summed E-state index contributed by atoms with van der Waals surface area (Å²) >= 11 is 3.32. The molecule has 0 bridgehead atoms. The summed E-state index contributed by atoms with van der Waals surface area (Å²) in [6.45, 7) is 0.566. The zero-order valence-electron chi connectivity index (χ0n) is 16.3. The summed E-state index contributed by atoms with van der Waals surface area (Å²) in [5.74, 6) is -2.59. The molecule has 0 radical (unpaired) electrons. The third kappa shape index (κ3) is 3.65. The number of halogens is 3. The highest BCUT2D eigenvalue weighted by Gasteiger charge is 2.44. The second-order valence-corrected chi connectivity index (χ2v) is 7.63. The first-order valence-corrected chi connectivity index (χ1v) is 9.95. The highest BCUT2D eigenvalue weighted by atomic mass is 79.9. The van der Waals surface area contributed by atoms with Crippen molar-refractivity contribution < 1.29 is 18.3 Å². The summed E-state index contributed by atoms with van der Waals surface area (Å²) in [7, 11) is 3.10. The summed E-state index contributed by atoms with van der Waals surface area (Å²) < 4.78 is 43.9. The Balaban J connectivity index is 1.70. The third-order valence-electron chi connectivity index (χ3n) is 4.88. The van der Waals surface area contributed by atoms with Crippen LogP contribution >= 0.6 is 15.9 Å². The van der Waals surface area contributed by atoms with Gasteiger partial charge in [-0.1, -0.05) is 12.2 Å². The first-order valence-electron chi connectivity index (χ1n) is 9.15. The van der Waals surface area contributed by atoms with Gasteiger partial charge in [0, 0.05) is 35.4 Å². The fourth-order valence-corrected chi connectivity index (χ4v) is 3.72. The van der Waals surface area contributed by atoms with E-state index in [-0.39, 0.29) is 12.2 Å². The minimum Gasteiger partial charge on any atom is -0.497 e. The zero-order valence-corrected chi connectivity index (χ0v) is 17.9. The van der Waals surface area contributed by atoms with E-state index in [1.807, 2.05) is 12.1 Å². The van der Waals surface area contributed by atoms with Crippen LogP contribution in [0, 0.1) is 0 Å². The van der Waals surface area contributed by atoms with Gasteiger partial charge in [-0.2, -0.15) is 8.78 Å². The fraction of sp³-hybridized carbons (Fsp3) is 0.238. The van der Waals surface area contributed by atoms with Crippen LogP contribution in [0.5, 0.6) is 11.5 Å². The molecule has 1 aromatic carbocycles. The van der Waals surface area contributed by atoms with E-state index in [1.165, 1.54) is 16.7 Å². The van der Waals surface area contributed by atoms with Gasteiger partial charge < -0.3 is 14.4 Å². The van der Waals surface area contributed by atoms with Crippen LogP contribution in [0.15, 0.2) is 64.9 Å². The molecule has 156 valence electrons. The van der Waals surface area contributed by atoms with Gasteiger partial charge >= 0.3 is 5.92 Å². The van der Waals surface area contributed by atoms with E-state index < -0.39 is 11.7 Å². The maximum Gasteiger partial charge on any atom is 0.346 e. The van der Waals surface area contributed by atoms with Crippen LogP contribution in [0.25, 0.3) is 5.65 Å². The summed E-state index contributed by atoms with van der Waals surface area (Å²) in [5.41, 5.74) is 0.962. The molecule has 0 fully saturated rings. The number of alkyl halides is 2. The smallest absolute Gasteiger partial charge is 0.346 e. The van der Waals surface area contributed by atoms with Crippen molar-refractivity contribution in [3.63, 3.8) is 0 Å². The molecule has 1 aliphatic heterocycles. The minimum atomic E-state index is -3.36. The Morgan fingerprint density at radius 1 is 1.13 bits per heavy atom. The highest BCUT2D eigenvalue weighted by Crippen LogP contribution is 2.39. The number of nitrogens with zero attached hydrogens (tertiary/aromatic N) is 4. The van der Waals surface area contributed by atoms with Crippen LogP contribution in [0.1, 0.15) is 11.4 Å². The van der Waals surface area contributed by atoms with Gasteiger partial charge in [0.25, 0.3) is 0 Å². The fourth-order valence-electron chi connectivity index (χ4n) is 3.39. The molecule has 0 saturated heterocycles. The molecule has 0 N–H and O–H groups in total. The highest BCUT2D eigenvalue weighted by molar-refractivity contribution is 9.10. The molecule has 2 aromatic heterocycles. The van der Waals surface area contributed by atoms with Gasteiger partial charge in [-0.3, -0.25) is 4.40 Å². The first-order chi connectivity index (χ1) is 14.4. The Hall–Kier alpha value is -2.94. The number of ether oxygens (including phenoxy) is 2. The first kappa shape index (κ1) is 20.3. The van der Waals surface area contributed by atoms with Crippen molar-refractivity contribution in [1.82, 2.24) is 19.5 Å². The van der Waals surface area contributed by atoms with Crippen molar-refractivity contribution in [3.8, 4) is 11.5 Å². The molecule has 0 spiro atoms. The molecular formula is C21H19BrF2N4O2. The number of pyridine rings is 1. The average Bonchev–Trinajstić information content (AvgIpc) is 3.18. The molecule has 3 heterocycles.